The second kappa shape index (κ2) is 11.7. The Labute approximate surface area is 230 Å². The van der Waals surface area contributed by atoms with Crippen LogP contribution in [-0.4, -0.2) is 50.4 Å². The largest absolute Gasteiger partial charge is 0.465 e. The zero-order valence-electron chi connectivity index (χ0n) is 21.2. The number of fused-ring (bicyclic) bond motifs is 1. The molecule has 8 heteroatoms. The molecule has 0 amide bonds. The van der Waals surface area contributed by atoms with E-state index in [1.54, 1.807) is 0 Å². The number of nitrogens with zero attached hydrogens (tertiary/aromatic N) is 2. The summed E-state index contributed by atoms with van der Waals surface area (Å²) in [5, 5.41) is 14.3. The molecule has 1 unspecified atom stereocenters. The van der Waals surface area contributed by atoms with Crippen LogP contribution in [0.25, 0.3) is 22.0 Å². The Morgan fingerprint density at radius 3 is 2.66 bits per heavy atom. The Morgan fingerprint density at radius 1 is 1.16 bits per heavy atom. The van der Waals surface area contributed by atoms with Gasteiger partial charge in [-0.05, 0) is 75.8 Å². The minimum absolute atomic E-state index is 0.401. The average molecular weight is 573 g/mol. The lowest BCUT2D eigenvalue weighted by Gasteiger charge is -2.29. The van der Waals surface area contributed by atoms with Crippen molar-refractivity contribution >= 4 is 44.2 Å². The second-order valence-electron chi connectivity index (χ2n) is 9.24. The molecule has 2 N–H and O–H groups in total. The monoisotopic (exact) mass is 572 g/mol. The third kappa shape index (κ3) is 5.54. The summed E-state index contributed by atoms with van der Waals surface area (Å²) in [5.74, 6) is -0.447. The molecular formula is C30H29BrN4O3. The Morgan fingerprint density at radius 2 is 1.92 bits per heavy atom. The number of halogens is 1. The number of carbonyl (C=O) groups excluding carboxylic acids is 1. The molecule has 1 aromatic heterocycles. The Bertz CT molecular complexity index is 1470. The number of aromatic amines is 1. The van der Waals surface area contributed by atoms with Gasteiger partial charge >= 0.3 is 5.97 Å². The van der Waals surface area contributed by atoms with Gasteiger partial charge in [-0.15, -0.1) is 0 Å². The third-order valence-electron chi connectivity index (χ3n) is 6.94. The van der Waals surface area contributed by atoms with Crippen molar-refractivity contribution < 1.29 is 14.3 Å². The summed E-state index contributed by atoms with van der Waals surface area (Å²) in [4.78, 5) is 18.3. The van der Waals surface area contributed by atoms with Gasteiger partial charge in [0.25, 0.3) is 0 Å². The number of benzene rings is 3. The van der Waals surface area contributed by atoms with Crippen molar-refractivity contribution in [2.45, 2.75) is 18.9 Å². The van der Waals surface area contributed by atoms with E-state index in [-0.39, 0.29) is 0 Å². The number of hydrogen-bond acceptors (Lipinski definition) is 6. The summed E-state index contributed by atoms with van der Waals surface area (Å²) in [7, 11) is 1.37. The van der Waals surface area contributed by atoms with Gasteiger partial charge in [-0.25, -0.2) is 4.79 Å². The summed E-state index contributed by atoms with van der Waals surface area (Å²) in [6, 6.07) is 21.9. The molecule has 2 heterocycles. The summed E-state index contributed by atoms with van der Waals surface area (Å²) < 4.78 is 11.5. The predicted octanol–water partition coefficient (Wildman–Crippen LogP) is 6.16. The van der Waals surface area contributed by atoms with Crippen LogP contribution in [0.5, 0.6) is 0 Å². The highest BCUT2D eigenvalue weighted by Crippen LogP contribution is 2.30. The minimum Gasteiger partial charge on any atom is -0.465 e. The van der Waals surface area contributed by atoms with E-state index in [0.717, 1.165) is 64.1 Å². The van der Waals surface area contributed by atoms with Crippen LogP contribution in [0.15, 0.2) is 71.3 Å². The zero-order valence-corrected chi connectivity index (χ0v) is 22.8. The number of nitrogens with one attached hydrogen (secondary N) is 2. The van der Waals surface area contributed by atoms with E-state index in [4.69, 9.17) is 9.47 Å². The van der Waals surface area contributed by atoms with Crippen LogP contribution in [0.2, 0.25) is 0 Å². The molecule has 4 aromatic rings. The molecule has 38 heavy (non-hydrogen) atoms. The lowest BCUT2D eigenvalue weighted by atomic mass is 10.00. The van der Waals surface area contributed by atoms with E-state index < -0.39 is 12.0 Å². The molecule has 1 saturated heterocycles. The molecule has 0 saturated carbocycles. The first kappa shape index (κ1) is 25.8. The molecule has 1 aliphatic heterocycles. The molecule has 0 bridgehead atoms. The first-order valence-corrected chi connectivity index (χ1v) is 13.4. The first-order chi connectivity index (χ1) is 18.6. The molecule has 3 aromatic carbocycles. The van der Waals surface area contributed by atoms with Crippen molar-refractivity contribution in [3.05, 3.63) is 82.5 Å². The average Bonchev–Trinajstić information content (AvgIpc) is 3.40. The fourth-order valence-corrected chi connectivity index (χ4v) is 5.33. The highest BCUT2D eigenvalue weighted by Gasteiger charge is 2.18. The Kier molecular flexibility index (Phi) is 7.97. The standard InChI is InChI=1S/C30H29BrN4O3/c1-37-30(36)26-17-21(20-6-10-24(11-7-20)35-13-15-38-16-14-35)8-12-28(26)34-23(18-32)9-5-22-19-33-29-25(22)3-2-4-27(29)31/h2-4,6-8,10-12,17,19,23,33-34H,5,9,13-16H2,1H3. The van der Waals surface area contributed by atoms with Crippen LogP contribution in [0, 0.1) is 11.3 Å². The van der Waals surface area contributed by atoms with E-state index in [2.05, 4.69) is 67.5 Å². The number of ether oxygens (including phenoxy) is 2. The molecule has 1 aliphatic rings. The summed E-state index contributed by atoms with van der Waals surface area (Å²) in [6.07, 6.45) is 3.28. The number of methoxy groups -OCH3 is 1. The summed E-state index contributed by atoms with van der Waals surface area (Å²) in [5.41, 5.74) is 6.24. The van der Waals surface area contributed by atoms with Gasteiger partial charge in [-0.1, -0.05) is 30.3 Å². The Balaban J connectivity index is 1.33. The Hall–Kier alpha value is -3.80. The number of para-hydroxylation sites is 1. The van der Waals surface area contributed by atoms with Crippen LogP contribution in [0.3, 0.4) is 0 Å². The highest BCUT2D eigenvalue weighted by molar-refractivity contribution is 9.10. The lowest BCUT2D eigenvalue weighted by Crippen LogP contribution is -2.36. The smallest absolute Gasteiger partial charge is 0.339 e. The first-order valence-electron chi connectivity index (χ1n) is 12.6. The van der Waals surface area contributed by atoms with Crippen molar-refractivity contribution in [1.29, 1.82) is 5.26 Å². The van der Waals surface area contributed by atoms with Crippen LogP contribution in [0.4, 0.5) is 11.4 Å². The number of morpholine rings is 1. The van der Waals surface area contributed by atoms with E-state index in [0.29, 0.717) is 24.1 Å². The number of hydrogen-bond donors (Lipinski definition) is 2. The third-order valence-corrected chi connectivity index (χ3v) is 7.60. The van der Waals surface area contributed by atoms with Crippen LogP contribution >= 0.6 is 15.9 Å². The molecule has 7 nitrogen and oxygen atoms in total. The van der Waals surface area contributed by atoms with Gasteiger partial charge in [0.1, 0.15) is 6.04 Å². The zero-order chi connectivity index (χ0) is 26.5. The number of H-pyrrole nitrogens is 1. The van der Waals surface area contributed by atoms with E-state index in [1.165, 1.54) is 7.11 Å². The maximum atomic E-state index is 12.7. The van der Waals surface area contributed by atoms with Crippen molar-refractivity contribution in [3.8, 4) is 17.2 Å². The van der Waals surface area contributed by atoms with Gasteiger partial charge < -0.3 is 24.7 Å². The fourth-order valence-electron chi connectivity index (χ4n) is 4.85. The maximum Gasteiger partial charge on any atom is 0.339 e. The topological polar surface area (TPSA) is 90.4 Å². The predicted molar refractivity (Wildman–Crippen MR) is 154 cm³/mol. The van der Waals surface area contributed by atoms with E-state index >= 15 is 0 Å². The SMILES string of the molecule is COC(=O)c1cc(-c2ccc(N3CCOCC3)cc2)ccc1NC(C#N)CCc1c[nH]c2c(Br)cccc12. The van der Waals surface area contributed by atoms with Crippen molar-refractivity contribution in [1.82, 2.24) is 4.98 Å². The van der Waals surface area contributed by atoms with Crippen molar-refractivity contribution in [3.63, 3.8) is 0 Å². The van der Waals surface area contributed by atoms with Gasteiger partial charge in [0.2, 0.25) is 0 Å². The molecule has 0 spiro atoms. The number of anilines is 2. The van der Waals surface area contributed by atoms with Gasteiger partial charge in [0.05, 0.1) is 37.5 Å². The van der Waals surface area contributed by atoms with E-state index in [1.807, 2.05) is 36.5 Å². The van der Waals surface area contributed by atoms with Crippen LogP contribution in [-0.2, 0) is 15.9 Å². The van der Waals surface area contributed by atoms with E-state index in [9.17, 15) is 10.1 Å². The molecule has 194 valence electrons. The fraction of sp³-hybridized carbons (Fsp3) is 0.267. The number of esters is 1. The quantitative estimate of drug-likeness (QED) is 0.246. The van der Waals surface area contributed by atoms with Gasteiger partial charge in [-0.2, -0.15) is 5.26 Å². The molecule has 5 rings (SSSR count). The molecule has 1 fully saturated rings. The number of nitriles is 1. The lowest BCUT2D eigenvalue weighted by molar-refractivity contribution is 0.0602. The van der Waals surface area contributed by atoms with Crippen molar-refractivity contribution in [2.75, 3.05) is 43.6 Å². The van der Waals surface area contributed by atoms with Crippen molar-refractivity contribution in [2.24, 2.45) is 0 Å². The molecule has 0 aliphatic carbocycles. The number of rotatable bonds is 8. The molecule has 0 radical (unpaired) electrons. The van der Waals surface area contributed by atoms with Crippen LogP contribution < -0.4 is 10.2 Å². The molecule has 1 atom stereocenters. The van der Waals surface area contributed by atoms with Gasteiger partial charge in [-0.3, -0.25) is 0 Å². The number of carbonyl (C=O) groups is 1. The molecular weight excluding hydrogens is 544 g/mol. The maximum absolute atomic E-state index is 12.7. The minimum atomic E-state index is -0.478. The van der Waals surface area contributed by atoms with Gasteiger partial charge in [0.15, 0.2) is 0 Å². The number of aromatic nitrogens is 1. The summed E-state index contributed by atoms with van der Waals surface area (Å²) >= 11 is 3.57. The van der Waals surface area contributed by atoms with Gasteiger partial charge in [0, 0.05) is 40.5 Å². The summed E-state index contributed by atoms with van der Waals surface area (Å²) in [6.45, 7) is 3.23. The van der Waals surface area contributed by atoms with Crippen LogP contribution in [0.1, 0.15) is 22.3 Å². The normalized spacial score (nSPS) is 14.2. The highest BCUT2D eigenvalue weighted by atomic mass is 79.9. The second-order valence-corrected chi connectivity index (χ2v) is 10.1. The number of aryl methyl sites for hydroxylation is 1.